The van der Waals surface area contributed by atoms with Gasteiger partial charge in [0.25, 0.3) is 0 Å². The Morgan fingerprint density at radius 2 is 1.15 bits per heavy atom. The van der Waals surface area contributed by atoms with Gasteiger partial charge < -0.3 is 8.98 Å². The standard InChI is InChI=1S/C53H29N5OS/c1-3-12-31(13-4-1)50-55-51(32-14-5-2-6-15-32)57-52(56-50)34-23-25-47-43(30-34)54-53(60-47)35-16-11-17-37(26-35)58-44-20-9-7-18-38(44)42-27-33(22-24-45(42)58)41-29-36-28-40(36)48-39-19-8-10-21-46(39)59-49(41)48/h1-27,29-30H. The fourth-order valence-electron chi connectivity index (χ4n) is 8.64. The van der Waals surface area contributed by atoms with Crippen molar-refractivity contribution in [2.75, 3.05) is 0 Å². The van der Waals surface area contributed by atoms with Crippen molar-refractivity contribution >= 4 is 71.0 Å². The smallest absolute Gasteiger partial charge is 0.164 e. The molecule has 60 heavy (non-hydrogen) atoms. The predicted molar refractivity (Wildman–Crippen MR) is 244 cm³/mol. The second kappa shape index (κ2) is 12.8. The van der Waals surface area contributed by atoms with Gasteiger partial charge in [0, 0.05) is 65.5 Å². The Kier molecular flexibility index (Phi) is 7.04. The number of benzene rings is 8. The van der Waals surface area contributed by atoms with Crippen LogP contribution in [-0.2, 0) is 0 Å². The zero-order valence-electron chi connectivity index (χ0n) is 31.8. The van der Waals surface area contributed by atoms with Gasteiger partial charge in [-0.25, -0.2) is 19.9 Å². The van der Waals surface area contributed by atoms with Crippen LogP contribution in [0.15, 0.2) is 180 Å². The molecule has 1 aliphatic rings. The van der Waals surface area contributed by atoms with Crippen molar-refractivity contribution in [1.82, 2.24) is 24.5 Å². The fourth-order valence-corrected chi connectivity index (χ4v) is 9.58. The first-order chi connectivity index (χ1) is 29.7. The quantitative estimate of drug-likeness (QED) is 0.168. The summed E-state index contributed by atoms with van der Waals surface area (Å²) >= 11 is 1.69. The summed E-state index contributed by atoms with van der Waals surface area (Å²) in [5, 5.41) is 7.96. The number of furan rings is 1. The first-order valence-corrected chi connectivity index (χ1v) is 20.7. The molecule has 0 amide bonds. The molecule has 0 spiro atoms. The third kappa shape index (κ3) is 5.21. The summed E-state index contributed by atoms with van der Waals surface area (Å²) in [6, 6.07) is 61.1. The summed E-state index contributed by atoms with van der Waals surface area (Å²) in [5.74, 6) is 1.88. The largest absolute Gasteiger partial charge is 0.455 e. The molecule has 0 saturated carbocycles. The number of nitrogens with zero attached hydrogens (tertiary/aromatic N) is 5. The highest BCUT2D eigenvalue weighted by molar-refractivity contribution is 7.21. The van der Waals surface area contributed by atoms with Crippen LogP contribution >= 0.6 is 11.3 Å². The molecule has 12 aromatic rings. The molecule has 4 aromatic heterocycles. The topological polar surface area (TPSA) is 69.6 Å². The number of fused-ring (bicyclic) bond motifs is 9. The second-order valence-electron chi connectivity index (χ2n) is 15.1. The summed E-state index contributed by atoms with van der Waals surface area (Å²) < 4.78 is 9.98. The van der Waals surface area contributed by atoms with Gasteiger partial charge in [0.15, 0.2) is 17.5 Å². The molecule has 1 aliphatic carbocycles. The van der Waals surface area contributed by atoms with Crippen LogP contribution in [-0.4, -0.2) is 24.5 Å². The molecule has 4 heterocycles. The lowest BCUT2D eigenvalue weighted by Crippen LogP contribution is -2.08. The van der Waals surface area contributed by atoms with E-state index < -0.39 is 0 Å². The third-order valence-corrected chi connectivity index (χ3v) is 12.6. The van der Waals surface area contributed by atoms with E-state index in [0.717, 1.165) is 92.5 Å². The minimum absolute atomic E-state index is 0.611. The van der Waals surface area contributed by atoms with Gasteiger partial charge in [0.2, 0.25) is 0 Å². The molecule has 0 atom stereocenters. The molecule has 0 fully saturated rings. The molecule has 0 radical (unpaired) electrons. The molecule has 8 aromatic carbocycles. The van der Waals surface area contributed by atoms with Crippen molar-refractivity contribution in [3.63, 3.8) is 0 Å². The third-order valence-electron chi connectivity index (χ3n) is 11.5. The molecule has 0 N–H and O–H groups in total. The lowest BCUT2D eigenvalue weighted by Gasteiger charge is -2.10. The molecule has 6 nitrogen and oxygen atoms in total. The number of thiazole rings is 1. The highest BCUT2D eigenvalue weighted by Crippen LogP contribution is 2.40. The number of para-hydroxylation sites is 2. The molecule has 7 heteroatoms. The maximum atomic E-state index is 6.52. The van der Waals surface area contributed by atoms with Gasteiger partial charge in [0.1, 0.15) is 16.2 Å². The number of hydrogen-bond donors (Lipinski definition) is 0. The molecule has 278 valence electrons. The van der Waals surface area contributed by atoms with Crippen LogP contribution in [0, 0.1) is 0 Å². The summed E-state index contributed by atoms with van der Waals surface area (Å²) in [4.78, 5) is 20.0. The molecule has 0 bridgehead atoms. The Morgan fingerprint density at radius 1 is 0.483 bits per heavy atom. The van der Waals surface area contributed by atoms with Gasteiger partial charge in [-0.2, -0.15) is 0 Å². The van der Waals surface area contributed by atoms with E-state index in [1.54, 1.807) is 11.3 Å². The molecular weight excluding hydrogens is 755 g/mol. The predicted octanol–water partition coefficient (Wildman–Crippen LogP) is 11.9. The summed E-state index contributed by atoms with van der Waals surface area (Å²) in [7, 11) is 0. The Balaban J connectivity index is 0.899. The Labute approximate surface area is 346 Å². The molecule has 13 rings (SSSR count). The van der Waals surface area contributed by atoms with E-state index in [9.17, 15) is 0 Å². The van der Waals surface area contributed by atoms with E-state index >= 15 is 0 Å². The lowest BCUT2D eigenvalue weighted by atomic mass is 10.0. The average molecular weight is 784 g/mol. The highest BCUT2D eigenvalue weighted by atomic mass is 32.1. The first-order valence-electron chi connectivity index (χ1n) is 19.9. The summed E-state index contributed by atoms with van der Waals surface area (Å²) in [6.45, 7) is 0. The van der Waals surface area contributed by atoms with E-state index in [4.69, 9.17) is 24.4 Å². The van der Waals surface area contributed by atoms with Crippen LogP contribution in [0.4, 0.5) is 0 Å². The minimum Gasteiger partial charge on any atom is -0.455 e. The van der Waals surface area contributed by atoms with Crippen molar-refractivity contribution in [1.29, 1.82) is 0 Å². The SMILES string of the molecule is C1=c2cc(-c3ccc4c(c3)c3ccccc3n4-c3cccc(-c4nc5cc(-c6nc(-c7ccccc7)nc(-c7ccccc7)n6)ccc5s4)c3)c3oc4ccccc4c3c2=1. The average Bonchev–Trinajstić information content (AvgIpc) is 3.63. The van der Waals surface area contributed by atoms with E-state index in [1.807, 2.05) is 72.8 Å². The number of rotatable bonds is 6. The van der Waals surface area contributed by atoms with Crippen LogP contribution < -0.4 is 10.4 Å². The van der Waals surface area contributed by atoms with Crippen molar-refractivity contribution in [2.45, 2.75) is 0 Å². The van der Waals surface area contributed by atoms with Gasteiger partial charge >= 0.3 is 0 Å². The van der Waals surface area contributed by atoms with Crippen molar-refractivity contribution < 1.29 is 4.42 Å². The van der Waals surface area contributed by atoms with E-state index in [-0.39, 0.29) is 0 Å². The van der Waals surface area contributed by atoms with Crippen LogP contribution in [0.2, 0.25) is 0 Å². The Hall–Kier alpha value is -7.96. The molecule has 0 saturated heterocycles. The fraction of sp³-hybridized carbons (Fsp3) is 0. The zero-order chi connectivity index (χ0) is 39.3. The molecule has 0 unspecified atom stereocenters. The normalized spacial score (nSPS) is 12.0. The van der Waals surface area contributed by atoms with Crippen molar-refractivity contribution in [2.24, 2.45) is 0 Å². The maximum absolute atomic E-state index is 6.52. The number of hydrogen-bond acceptors (Lipinski definition) is 6. The summed E-state index contributed by atoms with van der Waals surface area (Å²) in [5.41, 5.74) is 15.6. The van der Waals surface area contributed by atoms with E-state index in [2.05, 4.69) is 113 Å². The first kappa shape index (κ1) is 33.1. The Morgan fingerprint density at radius 3 is 1.95 bits per heavy atom. The van der Waals surface area contributed by atoms with E-state index in [1.165, 1.54) is 16.0 Å². The van der Waals surface area contributed by atoms with Crippen molar-refractivity contribution in [3.8, 4) is 61.5 Å². The molecular formula is C53H29N5OS. The van der Waals surface area contributed by atoms with Gasteiger partial charge in [-0.05, 0) is 66.2 Å². The van der Waals surface area contributed by atoms with Crippen molar-refractivity contribution in [3.05, 3.63) is 186 Å². The van der Waals surface area contributed by atoms with Gasteiger partial charge in [0.05, 0.1) is 21.3 Å². The lowest BCUT2D eigenvalue weighted by molar-refractivity contribution is 0.670. The van der Waals surface area contributed by atoms with Gasteiger partial charge in [-0.1, -0.05) is 115 Å². The van der Waals surface area contributed by atoms with Crippen LogP contribution in [0.1, 0.15) is 0 Å². The van der Waals surface area contributed by atoms with Gasteiger partial charge in [-0.3, -0.25) is 0 Å². The molecule has 0 aliphatic heterocycles. The van der Waals surface area contributed by atoms with E-state index in [0.29, 0.717) is 17.5 Å². The van der Waals surface area contributed by atoms with Crippen LogP contribution in [0.3, 0.4) is 0 Å². The summed E-state index contributed by atoms with van der Waals surface area (Å²) in [6.07, 6.45) is 0. The van der Waals surface area contributed by atoms with Crippen LogP contribution in [0.25, 0.3) is 121 Å². The van der Waals surface area contributed by atoms with Gasteiger partial charge in [-0.15, -0.1) is 17.1 Å². The zero-order valence-corrected chi connectivity index (χ0v) is 32.6. The Bertz CT molecular complexity index is 3820. The minimum atomic E-state index is 0.611. The van der Waals surface area contributed by atoms with Crippen LogP contribution in [0.5, 0.6) is 0 Å². The monoisotopic (exact) mass is 783 g/mol. The highest BCUT2D eigenvalue weighted by Gasteiger charge is 2.20. The second-order valence-corrected chi connectivity index (χ2v) is 16.2. The maximum Gasteiger partial charge on any atom is 0.164 e. The number of aromatic nitrogens is 5.